The van der Waals surface area contributed by atoms with Crippen LogP contribution in [0.15, 0.2) is 170 Å². The average molecular weight is 1230 g/mol. The van der Waals surface area contributed by atoms with E-state index in [0.717, 1.165) is 13.1 Å². The molecule has 0 bridgehead atoms. The third-order valence-corrected chi connectivity index (χ3v) is 19.9. The zero-order valence-electron chi connectivity index (χ0n) is 60.7. The van der Waals surface area contributed by atoms with E-state index in [1.165, 1.54) is 92.9 Å². The third kappa shape index (κ3) is 16.5. The summed E-state index contributed by atoms with van der Waals surface area (Å²) in [6.07, 6.45) is 15.8. The molecule has 0 saturated heterocycles. The fraction of sp³-hybridized carbons (Fsp3) is 0.500. The summed E-state index contributed by atoms with van der Waals surface area (Å²) in [7, 11) is 0. The van der Waals surface area contributed by atoms with Crippen LogP contribution in [0.5, 0.6) is 0 Å². The maximum atomic E-state index is 2.59. The molecule has 0 atom stereocenters. The molecule has 6 aliphatic rings. The Morgan fingerprint density at radius 3 is 1.48 bits per heavy atom. The van der Waals surface area contributed by atoms with Gasteiger partial charge in [-0.25, -0.2) is 0 Å². The Bertz CT molecular complexity index is 3400. The first-order chi connectivity index (χ1) is 42.1. The molecule has 90 heavy (non-hydrogen) atoms. The lowest BCUT2D eigenvalue weighted by Crippen LogP contribution is -2.51. The molecule has 6 nitrogen and oxygen atoms in total. The first-order valence-corrected chi connectivity index (χ1v) is 34.3. The minimum Gasteiger partial charge on any atom is -0.366 e. The standard InChI is InChI=1S/2C14H21N.C14H19N.C14H21N.2C14H19N.6H2/c1-11(2)15-9-12-7-5-6-8-13(12)14(3,4)10-15;1-11(2)15-10-13-8-6-5-7-12(13)9-14(15,3)4;1-11(2)15-10-9-14(3,4)12-7-5-6-8-13(12)15;2*1-11(2)15-10-9-12-7-5-6-8-13(12)14(15,3)4;1-11(2)15-13-8-6-5-7-12(13)9-10-14(15,3)4;;;;;;/h2*5-8,11H,9-10H2,1-4H3;5-11H,1-4H3;5-8,11H,9-10H2,1-4H3;2*5-11H,1-4H3;6*1H/i;;;;;;6*1+1. The number of fused-ring (bicyclic) bond motifs is 6. The number of hydrogen-bond donors (Lipinski definition) is 0. The first kappa shape index (κ1) is 71.3. The zero-order valence-corrected chi connectivity index (χ0v) is 60.7. The molecule has 6 heterocycles. The molecule has 0 aliphatic carbocycles. The number of hydrogen-bond acceptors (Lipinski definition) is 6. The smallest absolute Gasteiger partial charge is 0.0600 e. The second kappa shape index (κ2) is 29.2. The summed E-state index contributed by atoms with van der Waals surface area (Å²) in [6, 6.07) is 55.9. The molecular formula is C84H132N6. The predicted molar refractivity (Wildman–Crippen MR) is 406 cm³/mol. The van der Waals surface area contributed by atoms with E-state index in [4.69, 9.17) is 0 Å². The van der Waals surface area contributed by atoms with Gasteiger partial charge in [0.2, 0.25) is 0 Å². The monoisotopic (exact) mass is 1230 g/mol. The minimum atomic E-state index is 0. The van der Waals surface area contributed by atoms with Gasteiger partial charge in [0.15, 0.2) is 0 Å². The van der Waals surface area contributed by atoms with Crippen LogP contribution < -0.4 is 9.80 Å². The highest BCUT2D eigenvalue weighted by Crippen LogP contribution is 2.41. The molecule has 6 aromatic rings. The van der Waals surface area contributed by atoms with E-state index in [1.807, 2.05) is 0 Å². The van der Waals surface area contributed by atoms with Crippen LogP contribution in [0.4, 0.5) is 11.4 Å². The highest BCUT2D eigenvalue weighted by molar-refractivity contribution is 5.74. The van der Waals surface area contributed by atoms with E-state index in [0.29, 0.717) is 47.2 Å². The highest BCUT2D eigenvalue weighted by atomic mass is 15.2. The lowest BCUT2D eigenvalue weighted by Gasteiger charge is -2.46. The van der Waals surface area contributed by atoms with Gasteiger partial charge in [0, 0.05) is 117 Å². The second-order valence-electron chi connectivity index (χ2n) is 31.3. The summed E-state index contributed by atoms with van der Waals surface area (Å²) in [5.41, 5.74) is 18.4. The molecule has 0 saturated carbocycles. The quantitative estimate of drug-likeness (QED) is 0.164. The van der Waals surface area contributed by atoms with Crippen LogP contribution in [-0.2, 0) is 47.8 Å². The average Bonchev–Trinajstić information content (AvgIpc) is 0.818. The summed E-state index contributed by atoms with van der Waals surface area (Å²) in [5, 5.41) is 0. The lowest BCUT2D eigenvalue weighted by molar-refractivity contribution is 0.0638. The van der Waals surface area contributed by atoms with Crippen molar-refractivity contribution in [2.24, 2.45) is 0 Å². The maximum absolute atomic E-state index is 2.59. The van der Waals surface area contributed by atoms with Crippen molar-refractivity contribution in [3.05, 3.63) is 226 Å². The third-order valence-electron chi connectivity index (χ3n) is 19.9. The molecule has 6 aromatic carbocycles. The van der Waals surface area contributed by atoms with E-state index in [1.54, 1.807) is 0 Å². The Morgan fingerprint density at radius 2 is 0.900 bits per heavy atom. The summed E-state index contributed by atoms with van der Waals surface area (Å²) >= 11 is 0. The van der Waals surface area contributed by atoms with Gasteiger partial charge in [-0.1, -0.05) is 179 Å². The van der Waals surface area contributed by atoms with Crippen LogP contribution in [-0.4, -0.2) is 80.0 Å². The molecule has 6 aliphatic heterocycles. The van der Waals surface area contributed by atoms with E-state index >= 15 is 0 Å². The van der Waals surface area contributed by atoms with E-state index < -0.39 is 0 Å². The van der Waals surface area contributed by atoms with Gasteiger partial charge in [-0.3, -0.25) is 14.7 Å². The first-order valence-electron chi connectivity index (χ1n) is 34.3. The molecule has 0 radical (unpaired) electrons. The SMILES string of the molecule is CC(C)N1C=CC(C)(C)c2ccccc21.CC(C)N1C=Cc2ccccc2C1(C)C.CC(C)N1CCc2ccccc2C1(C)C.CC(C)N1Cc2ccccc2C(C)(C)C1.CC(C)N1Cc2ccccc2CC1(C)C.CC(C)N1c2ccccc2C=CC1(C)C.[2HH].[2HH].[2HH].[2HH].[2HH].[2HH]. The molecule has 0 fully saturated rings. The van der Waals surface area contributed by atoms with Crippen LogP contribution in [0, 0.1) is 0 Å². The van der Waals surface area contributed by atoms with Crippen LogP contribution in [0.3, 0.4) is 0 Å². The Labute approximate surface area is 559 Å². The largest absolute Gasteiger partial charge is 0.366 e. The summed E-state index contributed by atoms with van der Waals surface area (Å²) in [6.45, 7) is 59.4. The van der Waals surface area contributed by atoms with E-state index in [9.17, 15) is 0 Å². The Balaban J connectivity index is 0.000000569. The van der Waals surface area contributed by atoms with Crippen molar-refractivity contribution in [1.82, 2.24) is 19.6 Å². The van der Waals surface area contributed by atoms with Crippen molar-refractivity contribution < 1.29 is 8.56 Å². The Kier molecular flexibility index (Phi) is 23.1. The normalized spacial score (nSPS) is 19.2. The fourth-order valence-corrected chi connectivity index (χ4v) is 15.3. The maximum Gasteiger partial charge on any atom is 0.0600 e. The number of para-hydroxylation sites is 2. The molecular weight excluding hydrogens is 1090 g/mol. The minimum absolute atomic E-state index is 0. The summed E-state index contributed by atoms with van der Waals surface area (Å²) in [5.74, 6) is 0. The number of benzene rings is 6. The van der Waals surface area contributed by atoms with Gasteiger partial charge in [-0.05, 0) is 225 Å². The van der Waals surface area contributed by atoms with Gasteiger partial charge in [-0.15, -0.1) is 0 Å². The van der Waals surface area contributed by atoms with Crippen molar-refractivity contribution in [2.75, 3.05) is 22.9 Å². The number of anilines is 2. The number of allylic oxidation sites excluding steroid dienone is 1. The van der Waals surface area contributed by atoms with E-state index in [2.05, 4.69) is 378 Å². The van der Waals surface area contributed by atoms with Gasteiger partial charge in [0.1, 0.15) is 0 Å². The molecule has 0 N–H and O–H groups in total. The summed E-state index contributed by atoms with van der Waals surface area (Å²) < 4.78 is 0. The van der Waals surface area contributed by atoms with Gasteiger partial charge in [0.05, 0.1) is 11.1 Å². The van der Waals surface area contributed by atoms with Gasteiger partial charge in [0.25, 0.3) is 0 Å². The molecule has 0 spiro atoms. The van der Waals surface area contributed by atoms with Crippen LogP contribution >= 0.6 is 0 Å². The molecule has 0 aromatic heterocycles. The van der Waals surface area contributed by atoms with Gasteiger partial charge >= 0.3 is 0 Å². The molecule has 0 amide bonds. The molecule has 0 unspecified atom stereocenters. The van der Waals surface area contributed by atoms with Crippen molar-refractivity contribution in [3.63, 3.8) is 0 Å². The van der Waals surface area contributed by atoms with Crippen LogP contribution in [0.25, 0.3) is 12.2 Å². The molecule has 12 rings (SSSR count). The van der Waals surface area contributed by atoms with Crippen molar-refractivity contribution >= 4 is 23.5 Å². The second-order valence-corrected chi connectivity index (χ2v) is 31.3. The van der Waals surface area contributed by atoms with Crippen LogP contribution in [0.2, 0.25) is 0 Å². The topological polar surface area (TPSA) is 19.4 Å². The lowest BCUT2D eigenvalue weighted by atomic mass is 9.78. The van der Waals surface area contributed by atoms with Gasteiger partial charge < -0.3 is 14.7 Å². The zero-order chi connectivity index (χ0) is 66.3. The van der Waals surface area contributed by atoms with Crippen molar-refractivity contribution in [2.45, 2.75) is 261 Å². The van der Waals surface area contributed by atoms with Crippen molar-refractivity contribution in [3.8, 4) is 0 Å². The fourth-order valence-electron chi connectivity index (χ4n) is 15.3. The number of nitrogens with zero attached hydrogens (tertiary/aromatic N) is 6. The van der Waals surface area contributed by atoms with Crippen LogP contribution in [0.1, 0.15) is 230 Å². The molecule has 498 valence electrons. The number of rotatable bonds is 6. The Morgan fingerprint density at radius 1 is 0.389 bits per heavy atom. The van der Waals surface area contributed by atoms with Crippen molar-refractivity contribution in [1.29, 1.82) is 0 Å². The van der Waals surface area contributed by atoms with Gasteiger partial charge in [-0.2, -0.15) is 0 Å². The van der Waals surface area contributed by atoms with E-state index in [-0.39, 0.29) is 30.6 Å². The summed E-state index contributed by atoms with van der Waals surface area (Å²) in [4.78, 5) is 15.0. The highest BCUT2D eigenvalue weighted by Gasteiger charge is 2.38. The Hall–Kier alpha value is -6.18. The molecule has 6 heteroatoms. The predicted octanol–water partition coefficient (Wildman–Crippen LogP) is 22.1.